The fourth-order valence-electron chi connectivity index (χ4n) is 4.12. The van der Waals surface area contributed by atoms with Crippen LogP contribution in [0.5, 0.6) is 0 Å². The summed E-state index contributed by atoms with van der Waals surface area (Å²) in [7, 11) is 0. The van der Waals surface area contributed by atoms with Crippen LogP contribution in [-0.2, 0) is 4.79 Å². The first-order valence-electron chi connectivity index (χ1n) is 11.3. The van der Waals surface area contributed by atoms with E-state index in [2.05, 4.69) is 40.4 Å². The number of rotatable bonds is 5. The first kappa shape index (κ1) is 21.6. The molecule has 5 aromatic heterocycles. The van der Waals surface area contributed by atoms with Gasteiger partial charge in [-0.15, -0.1) is 0 Å². The normalized spacial score (nSPS) is 11.4. The number of imidazole rings is 2. The molecule has 0 saturated carbocycles. The maximum atomic E-state index is 15.1. The van der Waals surface area contributed by atoms with Crippen molar-refractivity contribution in [2.24, 2.45) is 0 Å². The molecule has 3 N–H and O–H groups in total. The average molecular weight is 481 g/mol. The molecule has 1 amide bonds. The van der Waals surface area contributed by atoms with Gasteiger partial charge in [-0.2, -0.15) is 5.10 Å². The highest BCUT2D eigenvalue weighted by Crippen LogP contribution is 2.33. The summed E-state index contributed by atoms with van der Waals surface area (Å²) in [6.45, 7) is 3.68. The van der Waals surface area contributed by atoms with Crippen LogP contribution in [-0.4, -0.2) is 45.6 Å². The SMILES string of the molecule is CCC(=O)Nc1cncc(-c2cc(F)c3n[nH]c(-c4nc5nccc(-n6cnc(C)c6)c5[nH]4)c3c2)c1. The van der Waals surface area contributed by atoms with E-state index < -0.39 is 5.82 Å². The number of nitrogens with one attached hydrogen (secondary N) is 3. The van der Waals surface area contributed by atoms with Crippen molar-refractivity contribution in [3.8, 4) is 28.3 Å². The lowest BCUT2D eigenvalue weighted by atomic mass is 10.0. The Labute approximate surface area is 203 Å². The Bertz CT molecular complexity index is 1760. The van der Waals surface area contributed by atoms with Gasteiger partial charge in [0.15, 0.2) is 17.3 Å². The van der Waals surface area contributed by atoms with Crippen LogP contribution in [0.25, 0.3) is 50.4 Å². The molecular formula is C25H20FN9O. The molecule has 0 spiro atoms. The minimum absolute atomic E-state index is 0.128. The van der Waals surface area contributed by atoms with Gasteiger partial charge in [0.2, 0.25) is 5.91 Å². The van der Waals surface area contributed by atoms with E-state index in [0.717, 1.165) is 11.4 Å². The predicted molar refractivity (Wildman–Crippen MR) is 133 cm³/mol. The Balaban J connectivity index is 1.46. The molecular weight excluding hydrogens is 461 g/mol. The number of benzene rings is 1. The van der Waals surface area contributed by atoms with E-state index in [0.29, 0.717) is 51.3 Å². The number of halogens is 1. The highest BCUT2D eigenvalue weighted by molar-refractivity contribution is 5.97. The number of hydrogen-bond donors (Lipinski definition) is 3. The third-order valence-corrected chi connectivity index (χ3v) is 5.89. The second-order valence-corrected chi connectivity index (χ2v) is 8.35. The number of aromatic nitrogens is 8. The summed E-state index contributed by atoms with van der Waals surface area (Å²) in [4.78, 5) is 32.6. The predicted octanol–water partition coefficient (Wildman–Crippen LogP) is 4.54. The van der Waals surface area contributed by atoms with Gasteiger partial charge in [0.1, 0.15) is 16.7 Å². The van der Waals surface area contributed by atoms with E-state index in [9.17, 15) is 4.79 Å². The fourth-order valence-corrected chi connectivity index (χ4v) is 4.12. The molecule has 0 aliphatic rings. The first-order chi connectivity index (χ1) is 17.5. The Morgan fingerprint density at radius 1 is 1.17 bits per heavy atom. The molecule has 0 radical (unpaired) electrons. The molecule has 178 valence electrons. The van der Waals surface area contributed by atoms with Crippen LogP contribution >= 0.6 is 0 Å². The number of hydrogen-bond acceptors (Lipinski definition) is 6. The van der Waals surface area contributed by atoms with Crippen LogP contribution in [0, 0.1) is 12.7 Å². The lowest BCUT2D eigenvalue weighted by molar-refractivity contribution is -0.115. The largest absolute Gasteiger partial charge is 0.334 e. The number of carbonyl (C=O) groups excluding carboxylic acids is 1. The smallest absolute Gasteiger partial charge is 0.224 e. The van der Waals surface area contributed by atoms with Crippen LogP contribution in [0.15, 0.2) is 55.4 Å². The zero-order chi connectivity index (χ0) is 24.8. The van der Waals surface area contributed by atoms with Gasteiger partial charge in [-0.3, -0.25) is 14.9 Å². The third kappa shape index (κ3) is 3.66. The van der Waals surface area contributed by atoms with Gasteiger partial charge >= 0.3 is 0 Å². The molecule has 10 nitrogen and oxygen atoms in total. The van der Waals surface area contributed by atoms with Gasteiger partial charge in [0, 0.05) is 36.0 Å². The van der Waals surface area contributed by atoms with Crippen molar-refractivity contribution in [1.29, 1.82) is 0 Å². The molecule has 5 heterocycles. The monoisotopic (exact) mass is 481 g/mol. The van der Waals surface area contributed by atoms with Gasteiger partial charge in [0.05, 0.1) is 29.6 Å². The van der Waals surface area contributed by atoms with Crippen molar-refractivity contribution in [2.45, 2.75) is 20.3 Å². The first-order valence-corrected chi connectivity index (χ1v) is 11.3. The Morgan fingerprint density at radius 3 is 2.86 bits per heavy atom. The van der Waals surface area contributed by atoms with Crippen molar-refractivity contribution in [3.05, 3.63) is 66.9 Å². The van der Waals surface area contributed by atoms with E-state index in [1.54, 1.807) is 37.9 Å². The Hall–Kier alpha value is -4.93. The van der Waals surface area contributed by atoms with Crippen molar-refractivity contribution < 1.29 is 9.18 Å². The summed E-state index contributed by atoms with van der Waals surface area (Å²) in [5, 5.41) is 10.4. The van der Waals surface area contributed by atoms with E-state index in [1.807, 2.05) is 29.8 Å². The van der Waals surface area contributed by atoms with Crippen molar-refractivity contribution in [1.82, 2.24) is 39.7 Å². The number of carbonyl (C=O) groups is 1. The second kappa shape index (κ2) is 8.38. The van der Waals surface area contributed by atoms with Crippen LogP contribution in [0.1, 0.15) is 19.0 Å². The van der Waals surface area contributed by atoms with Gasteiger partial charge in [-0.05, 0) is 36.8 Å². The average Bonchev–Trinajstić information content (AvgIpc) is 3.61. The quantitative estimate of drug-likeness (QED) is 0.331. The minimum atomic E-state index is -0.489. The number of fused-ring (bicyclic) bond motifs is 2. The van der Waals surface area contributed by atoms with Crippen LogP contribution in [0.2, 0.25) is 0 Å². The molecule has 0 aliphatic heterocycles. The van der Waals surface area contributed by atoms with Crippen LogP contribution in [0.3, 0.4) is 0 Å². The number of aryl methyl sites for hydroxylation is 1. The molecule has 0 aliphatic carbocycles. The van der Waals surface area contributed by atoms with Crippen molar-refractivity contribution in [2.75, 3.05) is 5.32 Å². The van der Waals surface area contributed by atoms with E-state index in [-0.39, 0.29) is 11.4 Å². The maximum Gasteiger partial charge on any atom is 0.224 e. The Kier molecular flexibility index (Phi) is 5.03. The van der Waals surface area contributed by atoms with Gasteiger partial charge in [0.25, 0.3) is 0 Å². The molecule has 11 heteroatoms. The highest BCUT2D eigenvalue weighted by Gasteiger charge is 2.18. The third-order valence-electron chi connectivity index (χ3n) is 5.89. The van der Waals surface area contributed by atoms with Gasteiger partial charge in [-0.25, -0.2) is 19.3 Å². The summed E-state index contributed by atoms with van der Waals surface area (Å²) in [5.41, 5.74) is 5.45. The Morgan fingerprint density at radius 2 is 2.06 bits per heavy atom. The number of pyridine rings is 2. The van der Waals surface area contributed by atoms with Crippen LogP contribution < -0.4 is 5.32 Å². The summed E-state index contributed by atoms with van der Waals surface area (Å²) in [6, 6.07) is 6.84. The zero-order valence-electron chi connectivity index (χ0n) is 19.4. The number of H-pyrrole nitrogens is 2. The van der Waals surface area contributed by atoms with Gasteiger partial charge in [-0.1, -0.05) is 6.92 Å². The standard InChI is InChI=1S/C25H20FN9O/c1-3-20(36)30-16-6-15(9-27-10-16)14-7-17-21(18(26)8-14)33-34-22(17)25-31-23-19(4-5-28-24(23)32-25)35-11-13(2)29-12-35/h4-12H,3H2,1-2H3,(H,30,36)(H,33,34)(H,28,31,32). The van der Waals surface area contributed by atoms with Crippen molar-refractivity contribution in [3.63, 3.8) is 0 Å². The number of anilines is 1. The van der Waals surface area contributed by atoms with Crippen molar-refractivity contribution >= 4 is 33.7 Å². The molecule has 1 aromatic carbocycles. The minimum Gasteiger partial charge on any atom is -0.334 e. The highest BCUT2D eigenvalue weighted by atomic mass is 19.1. The number of amides is 1. The lowest BCUT2D eigenvalue weighted by Gasteiger charge is -2.07. The molecule has 6 rings (SSSR count). The second-order valence-electron chi connectivity index (χ2n) is 8.35. The maximum absolute atomic E-state index is 15.1. The molecule has 0 fully saturated rings. The van der Waals surface area contributed by atoms with E-state index in [1.165, 1.54) is 6.07 Å². The molecule has 0 unspecified atom stereocenters. The summed E-state index contributed by atoms with van der Waals surface area (Å²) in [6.07, 6.45) is 8.83. The topological polar surface area (TPSA) is 130 Å². The van der Waals surface area contributed by atoms with Gasteiger partial charge < -0.3 is 14.9 Å². The molecule has 0 bridgehead atoms. The fraction of sp³-hybridized carbons (Fsp3) is 0.120. The molecule has 36 heavy (non-hydrogen) atoms. The summed E-state index contributed by atoms with van der Waals surface area (Å²) >= 11 is 0. The zero-order valence-corrected chi connectivity index (χ0v) is 19.4. The van der Waals surface area contributed by atoms with E-state index >= 15 is 4.39 Å². The molecule has 0 atom stereocenters. The number of aromatic amines is 2. The molecule has 6 aromatic rings. The summed E-state index contributed by atoms with van der Waals surface area (Å²) in [5.74, 6) is -0.142. The lowest BCUT2D eigenvalue weighted by Crippen LogP contribution is -2.09. The van der Waals surface area contributed by atoms with E-state index in [4.69, 9.17) is 0 Å². The number of nitrogens with zero attached hydrogens (tertiary/aromatic N) is 6. The molecule has 0 saturated heterocycles. The van der Waals surface area contributed by atoms with Crippen LogP contribution in [0.4, 0.5) is 10.1 Å². The summed E-state index contributed by atoms with van der Waals surface area (Å²) < 4.78 is 17.0.